The maximum absolute atomic E-state index is 3.53. The molecule has 78 valence electrons. The van der Waals surface area contributed by atoms with Gasteiger partial charge < -0.3 is 5.32 Å². The van der Waals surface area contributed by atoms with Gasteiger partial charge in [-0.1, -0.05) is 43.2 Å². The maximum Gasteiger partial charge on any atom is 0.0291 e. The second-order valence-corrected chi connectivity index (χ2v) is 3.94. The smallest absolute Gasteiger partial charge is 0.0291 e. The van der Waals surface area contributed by atoms with Gasteiger partial charge in [0.1, 0.15) is 0 Å². The lowest BCUT2D eigenvalue weighted by molar-refractivity contribution is 0.554. The average molecular weight is 191 g/mol. The summed E-state index contributed by atoms with van der Waals surface area (Å²) in [6, 6.07) is 9.19. The van der Waals surface area contributed by atoms with E-state index in [1.54, 1.807) is 0 Å². The van der Waals surface area contributed by atoms with Crippen molar-refractivity contribution in [2.75, 3.05) is 6.54 Å². The van der Waals surface area contributed by atoms with E-state index in [9.17, 15) is 0 Å². The highest BCUT2D eigenvalue weighted by atomic mass is 14.9. The molecule has 0 heterocycles. The molecule has 0 aliphatic carbocycles. The Morgan fingerprint density at radius 2 is 2.14 bits per heavy atom. The van der Waals surface area contributed by atoms with Gasteiger partial charge in [-0.05, 0) is 32.4 Å². The molecule has 0 radical (unpaired) electrons. The highest BCUT2D eigenvalue weighted by molar-refractivity contribution is 5.24. The number of aryl methyl sites for hydroxylation is 1. The van der Waals surface area contributed by atoms with Gasteiger partial charge in [0.15, 0.2) is 0 Å². The van der Waals surface area contributed by atoms with Crippen LogP contribution in [0.1, 0.15) is 43.9 Å². The number of hydrogen-bond donors (Lipinski definition) is 1. The van der Waals surface area contributed by atoms with Crippen molar-refractivity contribution in [2.24, 2.45) is 0 Å². The van der Waals surface area contributed by atoms with Crippen molar-refractivity contribution in [3.63, 3.8) is 0 Å². The second-order valence-electron chi connectivity index (χ2n) is 3.94. The first kappa shape index (κ1) is 11.3. The van der Waals surface area contributed by atoms with Gasteiger partial charge in [0.05, 0.1) is 0 Å². The van der Waals surface area contributed by atoms with Crippen LogP contribution >= 0.6 is 0 Å². The van der Waals surface area contributed by atoms with Crippen molar-refractivity contribution in [3.05, 3.63) is 35.4 Å². The van der Waals surface area contributed by atoms with Gasteiger partial charge in [-0.25, -0.2) is 0 Å². The summed E-state index contributed by atoms with van der Waals surface area (Å²) in [6.07, 6.45) is 2.52. The van der Waals surface area contributed by atoms with Crippen molar-refractivity contribution in [1.29, 1.82) is 0 Å². The molecular formula is C13H21N. The number of benzene rings is 1. The lowest BCUT2D eigenvalue weighted by Crippen LogP contribution is -2.19. The topological polar surface area (TPSA) is 12.0 Å². The Morgan fingerprint density at radius 3 is 2.79 bits per heavy atom. The first-order chi connectivity index (χ1) is 6.74. The summed E-state index contributed by atoms with van der Waals surface area (Å²) in [5.74, 6) is 0. The summed E-state index contributed by atoms with van der Waals surface area (Å²) in [4.78, 5) is 0. The predicted octanol–water partition coefficient (Wildman–Crippen LogP) is 3.45. The molecule has 1 nitrogen and oxygen atoms in total. The van der Waals surface area contributed by atoms with Crippen LogP contribution in [-0.2, 0) is 0 Å². The molecule has 1 rings (SSSR count). The largest absolute Gasteiger partial charge is 0.310 e. The van der Waals surface area contributed by atoms with E-state index in [4.69, 9.17) is 0 Å². The first-order valence-corrected chi connectivity index (χ1v) is 5.54. The Bertz CT molecular complexity index is 268. The minimum absolute atomic E-state index is 0.474. The summed E-state index contributed by atoms with van der Waals surface area (Å²) in [7, 11) is 0. The number of rotatable bonds is 5. The van der Waals surface area contributed by atoms with E-state index in [0.29, 0.717) is 6.04 Å². The third kappa shape index (κ3) is 3.51. The van der Waals surface area contributed by atoms with Gasteiger partial charge in [0.2, 0.25) is 0 Å². The molecule has 0 amide bonds. The van der Waals surface area contributed by atoms with Crippen LogP contribution in [0.4, 0.5) is 0 Å². The third-order valence-electron chi connectivity index (χ3n) is 2.52. The molecule has 0 unspecified atom stereocenters. The Hall–Kier alpha value is -0.820. The van der Waals surface area contributed by atoms with Crippen LogP contribution in [0, 0.1) is 6.92 Å². The van der Waals surface area contributed by atoms with Crippen molar-refractivity contribution >= 4 is 0 Å². The zero-order chi connectivity index (χ0) is 10.4. The van der Waals surface area contributed by atoms with Crippen LogP contribution in [0.25, 0.3) is 0 Å². The second kappa shape index (κ2) is 5.82. The lowest BCUT2D eigenvalue weighted by atomic mass is 10.1. The number of nitrogens with one attached hydrogen (secondary N) is 1. The van der Waals surface area contributed by atoms with E-state index in [0.717, 1.165) is 6.54 Å². The Morgan fingerprint density at radius 1 is 1.36 bits per heavy atom. The maximum atomic E-state index is 3.53. The molecule has 0 saturated carbocycles. The van der Waals surface area contributed by atoms with Gasteiger partial charge in [0, 0.05) is 6.04 Å². The van der Waals surface area contributed by atoms with Crippen LogP contribution in [0.5, 0.6) is 0 Å². The summed E-state index contributed by atoms with van der Waals surface area (Å²) >= 11 is 0. The third-order valence-corrected chi connectivity index (χ3v) is 2.52. The zero-order valence-electron chi connectivity index (χ0n) is 9.51. The van der Waals surface area contributed by atoms with E-state index in [1.807, 2.05) is 0 Å². The first-order valence-electron chi connectivity index (χ1n) is 5.54. The zero-order valence-corrected chi connectivity index (χ0v) is 9.51. The van der Waals surface area contributed by atoms with Crippen molar-refractivity contribution in [3.8, 4) is 0 Å². The number of unbranched alkanes of at least 4 members (excludes halogenated alkanes) is 1. The molecule has 1 N–H and O–H groups in total. The molecule has 14 heavy (non-hydrogen) atoms. The Labute approximate surface area is 87.5 Å². The fraction of sp³-hybridized carbons (Fsp3) is 0.538. The highest BCUT2D eigenvalue weighted by Gasteiger charge is 2.02. The van der Waals surface area contributed by atoms with Crippen LogP contribution in [0.15, 0.2) is 24.3 Å². The van der Waals surface area contributed by atoms with Crippen molar-refractivity contribution < 1.29 is 0 Å². The molecule has 1 atom stereocenters. The van der Waals surface area contributed by atoms with Crippen LogP contribution in [0.3, 0.4) is 0 Å². The van der Waals surface area contributed by atoms with Crippen LogP contribution < -0.4 is 5.32 Å². The van der Waals surface area contributed by atoms with E-state index in [1.165, 1.54) is 24.0 Å². The minimum atomic E-state index is 0.474. The van der Waals surface area contributed by atoms with E-state index >= 15 is 0 Å². The number of hydrogen-bond acceptors (Lipinski definition) is 1. The monoisotopic (exact) mass is 191 g/mol. The fourth-order valence-electron chi connectivity index (χ4n) is 1.55. The predicted molar refractivity (Wildman–Crippen MR) is 62.5 cm³/mol. The minimum Gasteiger partial charge on any atom is -0.310 e. The molecule has 0 aliphatic rings. The van der Waals surface area contributed by atoms with Crippen LogP contribution in [0.2, 0.25) is 0 Å². The van der Waals surface area contributed by atoms with Gasteiger partial charge >= 0.3 is 0 Å². The van der Waals surface area contributed by atoms with Gasteiger partial charge in [0.25, 0.3) is 0 Å². The lowest BCUT2D eigenvalue weighted by Gasteiger charge is -2.14. The molecule has 0 aromatic heterocycles. The average Bonchev–Trinajstić information content (AvgIpc) is 2.18. The molecule has 1 aromatic rings. The summed E-state index contributed by atoms with van der Waals surface area (Å²) in [5, 5.41) is 3.53. The molecule has 1 heteroatoms. The Kier molecular flexibility index (Phi) is 4.68. The van der Waals surface area contributed by atoms with Crippen LogP contribution in [-0.4, -0.2) is 6.54 Å². The summed E-state index contributed by atoms with van der Waals surface area (Å²) < 4.78 is 0. The van der Waals surface area contributed by atoms with Gasteiger partial charge in [-0.15, -0.1) is 0 Å². The molecule has 0 saturated heterocycles. The molecule has 0 aliphatic heterocycles. The SMILES string of the molecule is CCCCN[C@@H](C)c1cccc(C)c1. The standard InChI is InChI=1S/C13H21N/c1-4-5-9-14-12(3)13-8-6-7-11(2)10-13/h6-8,10,12,14H,4-5,9H2,1-3H3/t12-/m0/s1. The summed E-state index contributed by atoms with van der Waals surface area (Å²) in [6.45, 7) is 7.71. The molecule has 0 fully saturated rings. The fourth-order valence-corrected chi connectivity index (χ4v) is 1.55. The van der Waals surface area contributed by atoms with E-state index in [-0.39, 0.29) is 0 Å². The highest BCUT2D eigenvalue weighted by Crippen LogP contribution is 2.13. The quantitative estimate of drug-likeness (QED) is 0.703. The van der Waals surface area contributed by atoms with Gasteiger partial charge in [-0.2, -0.15) is 0 Å². The Balaban J connectivity index is 2.47. The van der Waals surface area contributed by atoms with Crippen molar-refractivity contribution in [2.45, 2.75) is 39.7 Å². The van der Waals surface area contributed by atoms with E-state index in [2.05, 4.69) is 50.4 Å². The molecule has 0 spiro atoms. The molecule has 1 aromatic carbocycles. The molecular weight excluding hydrogens is 170 g/mol. The molecule has 0 bridgehead atoms. The van der Waals surface area contributed by atoms with E-state index < -0.39 is 0 Å². The van der Waals surface area contributed by atoms with Crippen molar-refractivity contribution in [1.82, 2.24) is 5.32 Å². The normalized spacial score (nSPS) is 12.8. The summed E-state index contributed by atoms with van der Waals surface area (Å²) in [5.41, 5.74) is 2.73. The van der Waals surface area contributed by atoms with Gasteiger partial charge in [-0.3, -0.25) is 0 Å².